The van der Waals surface area contributed by atoms with E-state index in [4.69, 9.17) is 10.9 Å². The van der Waals surface area contributed by atoms with Crippen LogP contribution in [0.3, 0.4) is 0 Å². The number of hydrogen-bond acceptors (Lipinski definition) is 6. The van der Waals surface area contributed by atoms with Crippen molar-refractivity contribution in [1.29, 1.82) is 0 Å². The highest BCUT2D eigenvalue weighted by atomic mass is 79.9. The van der Waals surface area contributed by atoms with Gasteiger partial charge in [0.1, 0.15) is 5.01 Å². The van der Waals surface area contributed by atoms with E-state index < -0.39 is 0 Å². The van der Waals surface area contributed by atoms with Crippen LogP contribution in [-0.2, 0) is 0 Å². The van der Waals surface area contributed by atoms with Crippen molar-refractivity contribution in [2.45, 2.75) is 16.2 Å². The van der Waals surface area contributed by atoms with Gasteiger partial charge >= 0.3 is 0 Å². The largest absolute Gasteiger partial charge is 0.409 e. The lowest BCUT2D eigenvalue weighted by Crippen LogP contribution is -2.14. The van der Waals surface area contributed by atoms with Crippen molar-refractivity contribution in [2.75, 3.05) is 0 Å². The first-order valence-electron chi connectivity index (χ1n) is 4.85. The third kappa shape index (κ3) is 3.01. The number of benzene rings is 1. The fourth-order valence-corrected chi connectivity index (χ4v) is 3.51. The van der Waals surface area contributed by atoms with Crippen LogP contribution in [0.15, 0.2) is 37.1 Å². The van der Waals surface area contributed by atoms with E-state index in [0.717, 1.165) is 18.7 Å². The van der Waals surface area contributed by atoms with E-state index in [9.17, 15) is 0 Å². The zero-order valence-electron chi connectivity index (χ0n) is 9.29. The van der Waals surface area contributed by atoms with Crippen LogP contribution >= 0.6 is 39.0 Å². The van der Waals surface area contributed by atoms with Gasteiger partial charge in [0.15, 0.2) is 10.2 Å². The molecular weight excluding hydrogens is 336 g/mol. The van der Waals surface area contributed by atoms with E-state index in [2.05, 4.69) is 31.3 Å². The highest BCUT2D eigenvalue weighted by Gasteiger charge is 2.11. The Labute approximate surface area is 120 Å². The maximum atomic E-state index is 8.79. The highest BCUT2D eigenvalue weighted by molar-refractivity contribution is 9.10. The second-order valence-electron chi connectivity index (χ2n) is 3.31. The maximum Gasteiger partial charge on any atom is 0.179 e. The minimum Gasteiger partial charge on any atom is -0.409 e. The summed E-state index contributed by atoms with van der Waals surface area (Å²) in [5, 5.41) is 20.7. The molecule has 0 bridgehead atoms. The smallest absolute Gasteiger partial charge is 0.179 e. The molecule has 0 spiro atoms. The predicted molar refractivity (Wildman–Crippen MR) is 75.4 cm³/mol. The molecule has 0 aliphatic carbocycles. The first-order valence-corrected chi connectivity index (χ1v) is 7.28. The van der Waals surface area contributed by atoms with Crippen LogP contribution in [0, 0.1) is 6.92 Å². The number of aromatic nitrogens is 2. The van der Waals surface area contributed by atoms with Gasteiger partial charge in [-0.05, 0) is 25.1 Å². The molecule has 94 valence electrons. The Hall–Kier alpha value is -1.12. The Balaban J connectivity index is 2.38. The zero-order valence-corrected chi connectivity index (χ0v) is 12.5. The second-order valence-corrected chi connectivity index (χ2v) is 6.70. The molecule has 0 aliphatic heterocycles. The monoisotopic (exact) mass is 344 g/mol. The van der Waals surface area contributed by atoms with Crippen molar-refractivity contribution in [2.24, 2.45) is 10.9 Å². The van der Waals surface area contributed by atoms with Gasteiger partial charge in [0.2, 0.25) is 0 Å². The van der Waals surface area contributed by atoms with Gasteiger partial charge in [0, 0.05) is 14.9 Å². The summed E-state index contributed by atoms with van der Waals surface area (Å²) in [6.07, 6.45) is 0. The predicted octanol–water partition coefficient (Wildman–Crippen LogP) is 2.85. The summed E-state index contributed by atoms with van der Waals surface area (Å²) >= 11 is 6.30. The number of nitrogens with zero attached hydrogens (tertiary/aromatic N) is 3. The van der Waals surface area contributed by atoms with Crippen molar-refractivity contribution in [3.8, 4) is 0 Å². The molecule has 0 aliphatic rings. The lowest BCUT2D eigenvalue weighted by atomic mass is 10.2. The van der Waals surface area contributed by atoms with Gasteiger partial charge < -0.3 is 10.9 Å². The molecule has 0 saturated heterocycles. The molecule has 1 aromatic carbocycles. The molecule has 0 atom stereocenters. The standard InChI is InChI=1S/C10H9BrN4OS2/c1-5-13-14-10(17-5)18-8-3-2-6(11)4-7(8)9(12)15-16/h2-4,16H,1H3,(H2,12,15). The number of aryl methyl sites for hydroxylation is 1. The fourth-order valence-electron chi connectivity index (χ4n) is 1.26. The second kappa shape index (κ2) is 5.68. The van der Waals surface area contributed by atoms with Crippen molar-refractivity contribution in [3.05, 3.63) is 33.2 Å². The van der Waals surface area contributed by atoms with Crippen LogP contribution < -0.4 is 5.73 Å². The van der Waals surface area contributed by atoms with Gasteiger partial charge in [-0.25, -0.2) is 0 Å². The summed E-state index contributed by atoms with van der Waals surface area (Å²) in [5.41, 5.74) is 6.31. The molecule has 0 saturated carbocycles. The molecule has 0 radical (unpaired) electrons. The minimum atomic E-state index is 0.0695. The van der Waals surface area contributed by atoms with E-state index in [1.807, 2.05) is 19.1 Å². The van der Waals surface area contributed by atoms with Crippen LogP contribution in [-0.4, -0.2) is 21.2 Å². The summed E-state index contributed by atoms with van der Waals surface area (Å²) in [5.74, 6) is 0.0695. The van der Waals surface area contributed by atoms with E-state index in [1.165, 1.54) is 23.1 Å². The Morgan fingerprint density at radius 2 is 2.28 bits per heavy atom. The first-order chi connectivity index (χ1) is 8.60. The van der Waals surface area contributed by atoms with Crippen LogP contribution in [0.2, 0.25) is 0 Å². The summed E-state index contributed by atoms with van der Waals surface area (Å²) in [6.45, 7) is 1.90. The van der Waals surface area contributed by atoms with E-state index >= 15 is 0 Å². The molecule has 2 rings (SSSR count). The number of halogens is 1. The van der Waals surface area contributed by atoms with Crippen LogP contribution in [0.1, 0.15) is 10.6 Å². The molecule has 0 unspecified atom stereocenters. The fraction of sp³-hybridized carbons (Fsp3) is 0.100. The minimum absolute atomic E-state index is 0.0695. The highest BCUT2D eigenvalue weighted by Crippen LogP contribution is 2.33. The average Bonchev–Trinajstić information content (AvgIpc) is 2.76. The van der Waals surface area contributed by atoms with Crippen molar-refractivity contribution < 1.29 is 5.21 Å². The molecule has 1 aromatic heterocycles. The average molecular weight is 345 g/mol. The lowest BCUT2D eigenvalue weighted by Gasteiger charge is -2.06. The van der Waals surface area contributed by atoms with Crippen molar-refractivity contribution >= 4 is 44.9 Å². The molecule has 18 heavy (non-hydrogen) atoms. The number of oxime groups is 1. The summed E-state index contributed by atoms with van der Waals surface area (Å²) in [7, 11) is 0. The van der Waals surface area contributed by atoms with Gasteiger partial charge in [-0.3, -0.25) is 0 Å². The topological polar surface area (TPSA) is 84.4 Å². The third-order valence-corrected chi connectivity index (χ3v) is 4.49. The first kappa shape index (κ1) is 13.3. The Morgan fingerprint density at radius 1 is 1.50 bits per heavy atom. The zero-order chi connectivity index (χ0) is 13.1. The summed E-state index contributed by atoms with van der Waals surface area (Å²) in [4.78, 5) is 0.865. The normalized spacial score (nSPS) is 11.8. The third-order valence-electron chi connectivity index (χ3n) is 2.03. The molecule has 3 N–H and O–H groups in total. The molecule has 0 amide bonds. The number of hydrogen-bond donors (Lipinski definition) is 2. The van der Waals surface area contributed by atoms with E-state index in [0.29, 0.717) is 5.56 Å². The van der Waals surface area contributed by atoms with Gasteiger partial charge in [-0.15, -0.1) is 10.2 Å². The molecule has 8 heteroatoms. The maximum absolute atomic E-state index is 8.79. The SMILES string of the molecule is Cc1nnc(Sc2ccc(Br)cc2/C(N)=N/O)s1. The summed E-state index contributed by atoms with van der Waals surface area (Å²) < 4.78 is 1.68. The van der Waals surface area contributed by atoms with Gasteiger partial charge in [-0.2, -0.15) is 0 Å². The number of nitrogens with two attached hydrogens (primary N) is 1. The van der Waals surface area contributed by atoms with E-state index in [1.54, 1.807) is 6.07 Å². The van der Waals surface area contributed by atoms with Crippen LogP contribution in [0.25, 0.3) is 0 Å². The summed E-state index contributed by atoms with van der Waals surface area (Å²) in [6, 6.07) is 5.58. The Bertz CT molecular complexity index is 599. The molecule has 1 heterocycles. The quantitative estimate of drug-likeness (QED) is 0.387. The van der Waals surface area contributed by atoms with Gasteiger partial charge in [-0.1, -0.05) is 44.2 Å². The van der Waals surface area contributed by atoms with Gasteiger partial charge in [0.05, 0.1) is 0 Å². The Morgan fingerprint density at radius 3 is 2.89 bits per heavy atom. The van der Waals surface area contributed by atoms with Crippen LogP contribution in [0.5, 0.6) is 0 Å². The number of rotatable bonds is 3. The van der Waals surface area contributed by atoms with Crippen LogP contribution in [0.4, 0.5) is 0 Å². The Kier molecular flexibility index (Phi) is 4.20. The number of amidine groups is 1. The van der Waals surface area contributed by atoms with E-state index in [-0.39, 0.29) is 5.84 Å². The molecule has 5 nitrogen and oxygen atoms in total. The molecule has 0 fully saturated rings. The molecular formula is C10H9BrN4OS2. The lowest BCUT2D eigenvalue weighted by molar-refractivity contribution is 0.318. The molecule has 2 aromatic rings. The van der Waals surface area contributed by atoms with Crippen molar-refractivity contribution in [1.82, 2.24) is 10.2 Å². The van der Waals surface area contributed by atoms with Gasteiger partial charge in [0.25, 0.3) is 0 Å². The van der Waals surface area contributed by atoms with Crippen molar-refractivity contribution in [3.63, 3.8) is 0 Å².